The first-order valence-electron chi connectivity index (χ1n) is 7.00. The summed E-state index contributed by atoms with van der Waals surface area (Å²) in [5.74, 6) is -0.501. The molecule has 0 unspecified atom stereocenters. The molecule has 0 spiro atoms. The Morgan fingerprint density at radius 3 is 2.26 bits per heavy atom. The predicted octanol–water partition coefficient (Wildman–Crippen LogP) is 5.81. The monoisotopic (exact) mass is 413 g/mol. The normalized spacial score (nSPS) is 23.8. The van der Waals surface area contributed by atoms with Crippen molar-refractivity contribution in [1.29, 1.82) is 0 Å². The van der Waals surface area contributed by atoms with Crippen molar-refractivity contribution >= 4 is 63.9 Å². The van der Waals surface area contributed by atoms with Gasteiger partial charge in [-0.2, -0.15) is 0 Å². The number of hydrogen-bond acceptors (Lipinski definition) is 1. The molecule has 1 aromatic carbocycles. The average Bonchev–Trinajstić information content (AvgIpc) is 2.96. The van der Waals surface area contributed by atoms with Crippen LogP contribution in [0.2, 0.25) is 0 Å². The van der Waals surface area contributed by atoms with Crippen LogP contribution >= 0.6 is 58.0 Å². The van der Waals surface area contributed by atoms with Gasteiger partial charge in [-0.1, -0.05) is 102 Å². The summed E-state index contributed by atoms with van der Waals surface area (Å²) in [6.07, 6.45) is 1.68. The zero-order valence-electron chi connectivity index (χ0n) is 12.5. The number of alkyl halides is 3. The lowest BCUT2D eigenvalue weighted by atomic mass is 10.1. The average molecular weight is 416 g/mol. The molecule has 7 heteroatoms. The number of halogens is 5. The summed E-state index contributed by atoms with van der Waals surface area (Å²) in [6, 6.07) is 8.37. The Bertz CT molecular complexity index is 605. The summed E-state index contributed by atoms with van der Waals surface area (Å²) in [4.78, 5) is 12.6. The van der Waals surface area contributed by atoms with E-state index >= 15 is 0 Å². The molecule has 0 aliphatic heterocycles. The Balaban J connectivity index is 2.19. The van der Waals surface area contributed by atoms with Gasteiger partial charge in [0.25, 0.3) is 0 Å². The molecule has 0 heterocycles. The minimum absolute atomic E-state index is 0.0423. The Labute approximate surface area is 161 Å². The molecule has 1 N–H and O–H groups in total. The fourth-order valence-electron chi connectivity index (χ4n) is 2.86. The van der Waals surface area contributed by atoms with E-state index in [1.165, 1.54) is 0 Å². The molecular weight excluding hydrogens is 399 g/mol. The van der Waals surface area contributed by atoms with E-state index in [1.54, 1.807) is 18.2 Å². The second kappa shape index (κ2) is 7.01. The predicted molar refractivity (Wildman–Crippen MR) is 98.2 cm³/mol. The van der Waals surface area contributed by atoms with E-state index < -0.39 is 9.83 Å². The van der Waals surface area contributed by atoms with E-state index in [-0.39, 0.29) is 27.6 Å². The van der Waals surface area contributed by atoms with Crippen LogP contribution in [0.15, 0.2) is 40.9 Å². The molecule has 1 saturated carbocycles. The topological polar surface area (TPSA) is 29.1 Å². The minimum atomic E-state index is -1.66. The highest BCUT2D eigenvalue weighted by Gasteiger charge is 2.61. The quantitative estimate of drug-likeness (QED) is 0.618. The molecule has 0 bridgehead atoms. The van der Waals surface area contributed by atoms with Gasteiger partial charge in [-0.3, -0.25) is 4.79 Å². The number of amides is 1. The van der Waals surface area contributed by atoms with Gasteiger partial charge in [0, 0.05) is 0 Å². The van der Waals surface area contributed by atoms with Gasteiger partial charge in [-0.05, 0) is 23.0 Å². The van der Waals surface area contributed by atoms with E-state index in [4.69, 9.17) is 58.0 Å². The highest BCUT2D eigenvalue weighted by molar-refractivity contribution is 6.68. The molecule has 1 aliphatic rings. The summed E-state index contributed by atoms with van der Waals surface area (Å²) in [5.41, 5.74) is 0.482. The number of rotatable bonds is 4. The maximum Gasteiger partial charge on any atom is 0.224 e. The second-order valence-corrected chi connectivity index (χ2v) is 9.55. The smallest absolute Gasteiger partial charge is 0.224 e. The molecule has 1 amide bonds. The Hall–Kier alpha value is -0.120. The SMILES string of the molecule is CC1(C)[C@H](C=C(Cl)Cl)[C@@H]1C(=O)N[C@@H](c1ccccc1)C(Cl)(Cl)Cl. The Morgan fingerprint density at radius 2 is 1.78 bits per heavy atom. The molecule has 3 atom stereocenters. The molecule has 1 aliphatic carbocycles. The molecule has 1 fully saturated rings. The fourth-order valence-corrected chi connectivity index (χ4v) is 3.67. The van der Waals surface area contributed by atoms with Crippen LogP contribution in [0.1, 0.15) is 25.5 Å². The van der Waals surface area contributed by atoms with Crippen LogP contribution in [-0.2, 0) is 4.79 Å². The molecule has 126 valence electrons. The maximum absolute atomic E-state index is 12.6. The van der Waals surface area contributed by atoms with Gasteiger partial charge in [-0.25, -0.2) is 0 Å². The summed E-state index contributed by atoms with van der Waals surface area (Å²) in [7, 11) is 0. The van der Waals surface area contributed by atoms with E-state index in [0.29, 0.717) is 0 Å². The van der Waals surface area contributed by atoms with Crippen molar-refractivity contribution in [3.63, 3.8) is 0 Å². The van der Waals surface area contributed by atoms with Crippen LogP contribution in [0.25, 0.3) is 0 Å². The summed E-state index contributed by atoms with van der Waals surface area (Å²) < 4.78 is -1.51. The first-order valence-corrected chi connectivity index (χ1v) is 8.89. The van der Waals surface area contributed by atoms with E-state index in [9.17, 15) is 4.79 Å². The minimum Gasteiger partial charge on any atom is -0.345 e. The van der Waals surface area contributed by atoms with Crippen molar-refractivity contribution < 1.29 is 4.79 Å². The van der Waals surface area contributed by atoms with Crippen LogP contribution in [0.3, 0.4) is 0 Å². The summed E-state index contributed by atoms with van der Waals surface area (Å²) in [6.45, 7) is 3.95. The van der Waals surface area contributed by atoms with E-state index in [0.717, 1.165) is 5.56 Å². The first kappa shape index (κ1) is 19.2. The van der Waals surface area contributed by atoms with Gasteiger partial charge in [0.15, 0.2) is 0 Å². The third-order valence-corrected chi connectivity index (χ3v) is 5.15. The molecule has 23 heavy (non-hydrogen) atoms. The number of carbonyl (C=O) groups is 1. The highest BCUT2D eigenvalue weighted by Crippen LogP contribution is 2.60. The van der Waals surface area contributed by atoms with Crippen LogP contribution in [0.5, 0.6) is 0 Å². The Kier molecular flexibility index (Phi) is 5.86. The fraction of sp³-hybridized carbons (Fsp3) is 0.438. The molecule has 0 saturated heterocycles. The summed E-state index contributed by atoms with van der Waals surface area (Å²) >= 11 is 29.6. The zero-order valence-corrected chi connectivity index (χ0v) is 16.3. The van der Waals surface area contributed by atoms with Gasteiger partial charge in [0.05, 0.1) is 5.92 Å². The van der Waals surface area contributed by atoms with Gasteiger partial charge in [0.1, 0.15) is 10.5 Å². The molecular formula is C16H16Cl5NO. The number of allylic oxidation sites excluding steroid dienone is 1. The van der Waals surface area contributed by atoms with E-state index in [1.807, 2.05) is 32.0 Å². The number of nitrogens with one attached hydrogen (secondary N) is 1. The number of benzene rings is 1. The lowest BCUT2D eigenvalue weighted by molar-refractivity contribution is -0.123. The van der Waals surface area contributed by atoms with Gasteiger partial charge >= 0.3 is 0 Å². The second-order valence-electron chi connectivity index (χ2n) is 6.18. The lowest BCUT2D eigenvalue weighted by Gasteiger charge is -2.26. The third-order valence-electron chi connectivity index (χ3n) is 4.25. The standard InChI is InChI=1S/C16H16Cl5NO/c1-15(2)10(8-11(17)18)12(15)14(23)22-13(16(19,20)21)9-6-4-3-5-7-9/h3-8,10,12-13H,1-2H3,(H,22,23)/t10-,12-,13+/m1/s1. The van der Waals surface area contributed by atoms with Crippen molar-refractivity contribution in [3.05, 3.63) is 46.5 Å². The van der Waals surface area contributed by atoms with Crippen LogP contribution < -0.4 is 5.32 Å². The lowest BCUT2D eigenvalue weighted by Crippen LogP contribution is -2.38. The number of hydrogen-bond donors (Lipinski definition) is 1. The van der Waals surface area contributed by atoms with Crippen molar-refractivity contribution in [3.8, 4) is 0 Å². The van der Waals surface area contributed by atoms with Crippen LogP contribution in [-0.4, -0.2) is 9.70 Å². The molecule has 2 nitrogen and oxygen atoms in total. The van der Waals surface area contributed by atoms with Crippen LogP contribution in [0, 0.1) is 17.3 Å². The van der Waals surface area contributed by atoms with Crippen molar-refractivity contribution in [2.45, 2.75) is 23.7 Å². The molecule has 0 radical (unpaired) electrons. The zero-order chi connectivity index (χ0) is 17.4. The molecule has 2 rings (SSSR count). The van der Waals surface area contributed by atoms with E-state index in [2.05, 4.69) is 5.32 Å². The van der Waals surface area contributed by atoms with Crippen molar-refractivity contribution in [2.75, 3.05) is 0 Å². The van der Waals surface area contributed by atoms with Gasteiger partial charge < -0.3 is 5.32 Å². The van der Waals surface area contributed by atoms with Crippen molar-refractivity contribution in [1.82, 2.24) is 5.32 Å². The van der Waals surface area contributed by atoms with Crippen LogP contribution in [0.4, 0.5) is 0 Å². The third kappa shape index (κ3) is 4.49. The largest absolute Gasteiger partial charge is 0.345 e. The Morgan fingerprint density at radius 1 is 1.22 bits per heavy atom. The number of carbonyl (C=O) groups excluding carboxylic acids is 1. The van der Waals surface area contributed by atoms with Crippen molar-refractivity contribution in [2.24, 2.45) is 17.3 Å². The van der Waals surface area contributed by atoms with Gasteiger partial charge in [0.2, 0.25) is 9.70 Å². The highest BCUT2D eigenvalue weighted by atomic mass is 35.6. The molecule has 1 aromatic rings. The van der Waals surface area contributed by atoms with Gasteiger partial charge in [-0.15, -0.1) is 0 Å². The first-order chi connectivity index (χ1) is 10.5. The molecule has 0 aromatic heterocycles. The summed E-state index contributed by atoms with van der Waals surface area (Å²) in [5, 5.41) is 2.84. The maximum atomic E-state index is 12.6.